The van der Waals surface area contributed by atoms with Gasteiger partial charge in [-0.25, -0.2) is 0 Å². The van der Waals surface area contributed by atoms with Crippen molar-refractivity contribution in [1.82, 2.24) is 0 Å². The summed E-state index contributed by atoms with van der Waals surface area (Å²) in [5.41, 5.74) is 0. The number of hydrogen-bond donors (Lipinski definition) is 1. The summed E-state index contributed by atoms with van der Waals surface area (Å²) in [5, 5.41) is 9.11. The molecule has 3 aliphatic carbocycles. The summed E-state index contributed by atoms with van der Waals surface area (Å²) in [5.74, 6) is 3.22. The molecule has 3 fully saturated rings. The predicted octanol–water partition coefficient (Wildman–Crippen LogP) is 5.26. The Hall–Kier alpha value is -0.530. The highest BCUT2D eigenvalue weighted by molar-refractivity contribution is 5.69. The maximum Gasteiger partial charge on any atom is 0.306 e. The zero-order valence-corrected chi connectivity index (χ0v) is 13.4. The second-order valence-electron chi connectivity index (χ2n) is 8.02. The average Bonchev–Trinajstić information content (AvgIpc) is 2.56. The summed E-state index contributed by atoms with van der Waals surface area (Å²) >= 11 is 0. The maximum absolute atomic E-state index is 11.1. The summed E-state index contributed by atoms with van der Waals surface area (Å²) < 4.78 is 0. The number of carboxylic acid groups (broad SMARTS) is 1. The molecule has 0 spiro atoms. The molecule has 0 bridgehead atoms. The van der Waals surface area contributed by atoms with Crippen LogP contribution in [-0.4, -0.2) is 11.1 Å². The lowest BCUT2D eigenvalue weighted by Crippen LogP contribution is -2.30. The second-order valence-corrected chi connectivity index (χ2v) is 8.02. The minimum Gasteiger partial charge on any atom is -0.481 e. The summed E-state index contributed by atoms with van der Waals surface area (Å²) in [4.78, 5) is 11.1. The smallest absolute Gasteiger partial charge is 0.306 e. The number of carbonyl (C=O) groups is 1. The van der Waals surface area contributed by atoms with Crippen molar-refractivity contribution in [3.05, 3.63) is 0 Å². The molecule has 0 saturated heterocycles. The van der Waals surface area contributed by atoms with E-state index in [1.165, 1.54) is 70.6 Å². The van der Waals surface area contributed by atoms with E-state index in [1.807, 2.05) is 0 Å². The van der Waals surface area contributed by atoms with Crippen molar-refractivity contribution in [2.24, 2.45) is 29.6 Å². The first-order valence-corrected chi connectivity index (χ1v) is 9.47. The van der Waals surface area contributed by atoms with Crippen LogP contribution in [-0.2, 0) is 4.79 Å². The summed E-state index contributed by atoms with van der Waals surface area (Å²) in [6.45, 7) is 0. The maximum atomic E-state index is 11.1. The first kappa shape index (κ1) is 15.4. The zero-order chi connectivity index (χ0) is 14.7. The van der Waals surface area contributed by atoms with E-state index in [9.17, 15) is 4.79 Å². The first-order chi connectivity index (χ1) is 10.2. The molecule has 1 N–H and O–H groups in total. The van der Waals surface area contributed by atoms with Gasteiger partial charge in [-0.15, -0.1) is 0 Å². The number of carboxylic acids is 1. The van der Waals surface area contributed by atoms with Crippen molar-refractivity contribution in [2.75, 3.05) is 0 Å². The normalized spacial score (nSPS) is 39.0. The molecule has 0 atom stereocenters. The van der Waals surface area contributed by atoms with Gasteiger partial charge in [-0.2, -0.15) is 0 Å². The summed E-state index contributed by atoms with van der Waals surface area (Å²) in [6.07, 6.45) is 17.4. The lowest BCUT2D eigenvalue weighted by molar-refractivity contribution is -0.143. The standard InChI is InChI=1S/C19H32O2/c20-19(21)18-12-10-17(11-13-18)16-8-6-15(7-9-16)14-4-2-1-3-5-14/h14-18H,1-13H2,(H,20,21). The van der Waals surface area contributed by atoms with Gasteiger partial charge in [-0.1, -0.05) is 32.1 Å². The molecule has 0 aromatic heterocycles. The van der Waals surface area contributed by atoms with E-state index in [0.717, 1.165) is 36.5 Å². The molecule has 0 heterocycles. The van der Waals surface area contributed by atoms with Gasteiger partial charge in [-0.05, 0) is 75.0 Å². The topological polar surface area (TPSA) is 37.3 Å². The lowest BCUT2D eigenvalue weighted by Gasteiger charge is -2.40. The van der Waals surface area contributed by atoms with E-state index in [4.69, 9.17) is 5.11 Å². The van der Waals surface area contributed by atoms with Crippen LogP contribution in [0.15, 0.2) is 0 Å². The van der Waals surface area contributed by atoms with Crippen LogP contribution in [0.5, 0.6) is 0 Å². The summed E-state index contributed by atoms with van der Waals surface area (Å²) in [7, 11) is 0. The van der Waals surface area contributed by atoms with Crippen molar-refractivity contribution >= 4 is 5.97 Å². The molecule has 2 nitrogen and oxygen atoms in total. The molecule has 0 aliphatic heterocycles. The molecule has 3 saturated carbocycles. The monoisotopic (exact) mass is 292 g/mol. The molecular weight excluding hydrogens is 260 g/mol. The Morgan fingerprint density at radius 1 is 0.571 bits per heavy atom. The molecule has 21 heavy (non-hydrogen) atoms. The third-order valence-electron chi connectivity index (χ3n) is 6.92. The van der Waals surface area contributed by atoms with Crippen LogP contribution in [0.25, 0.3) is 0 Å². The molecule has 0 aromatic carbocycles. The van der Waals surface area contributed by atoms with E-state index >= 15 is 0 Å². The Balaban J connectivity index is 1.42. The van der Waals surface area contributed by atoms with Gasteiger partial charge in [0.15, 0.2) is 0 Å². The van der Waals surface area contributed by atoms with E-state index in [2.05, 4.69) is 0 Å². The highest BCUT2D eigenvalue weighted by atomic mass is 16.4. The summed E-state index contributed by atoms with van der Waals surface area (Å²) in [6, 6.07) is 0. The Bertz CT molecular complexity index is 329. The van der Waals surface area contributed by atoms with Gasteiger partial charge >= 0.3 is 5.97 Å². The largest absolute Gasteiger partial charge is 0.481 e. The van der Waals surface area contributed by atoms with E-state index in [-0.39, 0.29) is 5.92 Å². The Morgan fingerprint density at radius 2 is 0.952 bits per heavy atom. The molecule has 0 aromatic rings. The molecule has 3 aliphatic rings. The highest BCUT2D eigenvalue weighted by Gasteiger charge is 2.34. The van der Waals surface area contributed by atoms with Crippen molar-refractivity contribution < 1.29 is 9.90 Å². The van der Waals surface area contributed by atoms with Crippen LogP contribution in [0.1, 0.15) is 83.5 Å². The van der Waals surface area contributed by atoms with Gasteiger partial charge in [0.25, 0.3) is 0 Å². The van der Waals surface area contributed by atoms with E-state index in [0.29, 0.717) is 0 Å². The lowest BCUT2D eigenvalue weighted by atomic mass is 9.66. The minimum absolute atomic E-state index is 0.0418. The first-order valence-electron chi connectivity index (χ1n) is 9.47. The van der Waals surface area contributed by atoms with E-state index < -0.39 is 5.97 Å². The molecular formula is C19H32O2. The molecule has 3 rings (SSSR count). The quantitative estimate of drug-likeness (QED) is 0.770. The van der Waals surface area contributed by atoms with Crippen LogP contribution in [0.3, 0.4) is 0 Å². The van der Waals surface area contributed by atoms with Gasteiger partial charge in [0.05, 0.1) is 5.92 Å². The van der Waals surface area contributed by atoms with Gasteiger partial charge in [0, 0.05) is 0 Å². The van der Waals surface area contributed by atoms with Crippen LogP contribution in [0.4, 0.5) is 0 Å². The Morgan fingerprint density at radius 3 is 1.38 bits per heavy atom. The van der Waals surface area contributed by atoms with E-state index in [1.54, 1.807) is 0 Å². The highest BCUT2D eigenvalue weighted by Crippen LogP contribution is 2.45. The second kappa shape index (κ2) is 7.15. The fraction of sp³-hybridized carbons (Fsp3) is 0.947. The van der Waals surface area contributed by atoms with Crippen molar-refractivity contribution in [1.29, 1.82) is 0 Å². The minimum atomic E-state index is -0.561. The third kappa shape index (κ3) is 3.81. The number of rotatable bonds is 3. The van der Waals surface area contributed by atoms with Crippen molar-refractivity contribution in [3.63, 3.8) is 0 Å². The van der Waals surface area contributed by atoms with Crippen LogP contribution in [0.2, 0.25) is 0 Å². The van der Waals surface area contributed by atoms with Gasteiger partial charge in [0.2, 0.25) is 0 Å². The van der Waals surface area contributed by atoms with Crippen LogP contribution in [0, 0.1) is 29.6 Å². The number of hydrogen-bond acceptors (Lipinski definition) is 1. The zero-order valence-electron chi connectivity index (χ0n) is 13.4. The average molecular weight is 292 g/mol. The van der Waals surface area contributed by atoms with Crippen molar-refractivity contribution in [2.45, 2.75) is 83.5 Å². The SMILES string of the molecule is O=C(O)C1CCC(C2CCC(C3CCCCC3)CC2)CC1. The van der Waals surface area contributed by atoms with Crippen LogP contribution >= 0.6 is 0 Å². The Kier molecular flexibility index (Phi) is 5.24. The molecule has 0 amide bonds. The fourth-order valence-corrected chi connectivity index (χ4v) is 5.53. The third-order valence-corrected chi connectivity index (χ3v) is 6.92. The molecule has 120 valence electrons. The Labute approximate surface area is 129 Å². The molecule has 0 unspecified atom stereocenters. The van der Waals surface area contributed by atoms with Crippen molar-refractivity contribution in [3.8, 4) is 0 Å². The van der Waals surface area contributed by atoms with Gasteiger partial charge < -0.3 is 5.11 Å². The number of aliphatic carboxylic acids is 1. The predicted molar refractivity (Wildman–Crippen MR) is 85.1 cm³/mol. The molecule has 2 heteroatoms. The van der Waals surface area contributed by atoms with Gasteiger partial charge in [0.1, 0.15) is 0 Å². The molecule has 0 radical (unpaired) electrons. The van der Waals surface area contributed by atoms with Crippen LogP contribution < -0.4 is 0 Å². The van der Waals surface area contributed by atoms with Gasteiger partial charge in [-0.3, -0.25) is 4.79 Å². The fourth-order valence-electron chi connectivity index (χ4n) is 5.53.